The summed E-state index contributed by atoms with van der Waals surface area (Å²) < 4.78 is 15.8. The Morgan fingerprint density at radius 3 is 2.50 bits per heavy atom. The molecule has 24 heavy (non-hydrogen) atoms. The Kier molecular flexibility index (Phi) is 4.47. The minimum absolute atomic E-state index is 0.0179. The van der Waals surface area contributed by atoms with Crippen molar-refractivity contribution < 1.29 is 23.8 Å². The molecule has 0 amide bonds. The monoisotopic (exact) mass is 325 g/mol. The molecule has 0 aliphatic carbocycles. The Bertz CT molecular complexity index is 821. The number of aromatic hydroxyl groups is 1. The van der Waals surface area contributed by atoms with Gasteiger partial charge in [-0.1, -0.05) is 0 Å². The summed E-state index contributed by atoms with van der Waals surface area (Å²) in [6, 6.07) is 13.1. The summed E-state index contributed by atoms with van der Waals surface area (Å²) in [5, 5.41) is 9.28. The molecule has 2 aromatic carbocycles. The first-order valence-electron chi connectivity index (χ1n) is 7.21. The van der Waals surface area contributed by atoms with Gasteiger partial charge in [-0.2, -0.15) is 0 Å². The number of ether oxygens (including phenoxy) is 2. The molecule has 0 fully saturated rings. The Morgan fingerprint density at radius 2 is 1.83 bits per heavy atom. The fraction of sp³-hybridized carbons (Fsp3) is 0.111. The second-order valence-corrected chi connectivity index (χ2v) is 4.98. The minimum Gasteiger partial charge on any atom is -0.508 e. The molecule has 3 aromatic rings. The first-order valence-corrected chi connectivity index (χ1v) is 7.21. The van der Waals surface area contributed by atoms with E-state index in [-0.39, 0.29) is 12.4 Å². The molecular formula is C18H15NO5. The number of hydrogen-bond donors (Lipinski definition) is 1. The summed E-state index contributed by atoms with van der Waals surface area (Å²) in [6.07, 6.45) is 1.50. The number of rotatable bonds is 5. The van der Waals surface area contributed by atoms with Crippen LogP contribution in [0.15, 0.2) is 59.1 Å². The third kappa shape index (κ3) is 3.55. The summed E-state index contributed by atoms with van der Waals surface area (Å²) in [7, 11) is 1.56. The quantitative estimate of drug-likeness (QED) is 0.724. The van der Waals surface area contributed by atoms with E-state index in [1.807, 2.05) is 0 Å². The van der Waals surface area contributed by atoms with Crippen molar-refractivity contribution in [2.75, 3.05) is 7.11 Å². The number of methoxy groups -OCH3 is 1. The third-order valence-corrected chi connectivity index (χ3v) is 3.34. The molecule has 1 N–H and O–H groups in total. The van der Waals surface area contributed by atoms with Gasteiger partial charge in [-0.3, -0.25) is 0 Å². The van der Waals surface area contributed by atoms with Crippen molar-refractivity contribution >= 4 is 5.97 Å². The Morgan fingerprint density at radius 1 is 1.12 bits per heavy atom. The SMILES string of the molecule is COc1ccc(C(=O)OCc2cnc(-c3ccc(O)cc3)o2)cc1. The van der Waals surface area contributed by atoms with Crippen molar-refractivity contribution in [3.05, 3.63) is 66.1 Å². The first-order chi connectivity index (χ1) is 11.7. The lowest BCUT2D eigenvalue weighted by Crippen LogP contribution is -2.04. The van der Waals surface area contributed by atoms with E-state index in [0.717, 1.165) is 5.56 Å². The average molecular weight is 325 g/mol. The Balaban J connectivity index is 1.62. The van der Waals surface area contributed by atoms with Crippen molar-refractivity contribution in [1.29, 1.82) is 0 Å². The highest BCUT2D eigenvalue weighted by atomic mass is 16.5. The molecule has 6 heteroatoms. The smallest absolute Gasteiger partial charge is 0.338 e. The molecule has 0 aliphatic heterocycles. The van der Waals surface area contributed by atoms with Crippen LogP contribution in [-0.2, 0) is 11.3 Å². The zero-order chi connectivity index (χ0) is 16.9. The lowest BCUT2D eigenvalue weighted by Gasteiger charge is -2.04. The van der Waals surface area contributed by atoms with E-state index < -0.39 is 5.97 Å². The van der Waals surface area contributed by atoms with Gasteiger partial charge in [-0.25, -0.2) is 9.78 Å². The van der Waals surface area contributed by atoms with Crippen LogP contribution in [0.2, 0.25) is 0 Å². The molecule has 122 valence electrons. The fourth-order valence-corrected chi connectivity index (χ4v) is 2.06. The number of phenols is 1. The molecule has 0 bridgehead atoms. The average Bonchev–Trinajstić information content (AvgIpc) is 3.09. The van der Waals surface area contributed by atoms with Gasteiger partial charge in [-0.15, -0.1) is 0 Å². The normalized spacial score (nSPS) is 10.4. The second-order valence-electron chi connectivity index (χ2n) is 4.98. The second kappa shape index (κ2) is 6.87. The predicted octanol–water partition coefficient (Wildman–Crippen LogP) is 3.41. The van der Waals surface area contributed by atoms with Crippen LogP contribution in [0, 0.1) is 0 Å². The van der Waals surface area contributed by atoms with Crippen LogP contribution >= 0.6 is 0 Å². The van der Waals surface area contributed by atoms with E-state index >= 15 is 0 Å². The summed E-state index contributed by atoms with van der Waals surface area (Å²) in [5.41, 5.74) is 1.15. The Labute approximate surface area is 138 Å². The topological polar surface area (TPSA) is 81.8 Å². The standard InChI is InChI=1S/C18H15NO5/c1-22-15-8-4-13(5-9-15)18(21)23-11-16-10-19-17(24-16)12-2-6-14(20)7-3-12/h2-10,20H,11H2,1H3. The van der Waals surface area contributed by atoms with Crippen molar-refractivity contribution in [2.24, 2.45) is 0 Å². The van der Waals surface area contributed by atoms with E-state index in [1.54, 1.807) is 55.6 Å². The van der Waals surface area contributed by atoms with Crippen LogP contribution in [0.5, 0.6) is 11.5 Å². The molecule has 0 saturated heterocycles. The van der Waals surface area contributed by atoms with Gasteiger partial charge in [0, 0.05) is 5.56 Å². The van der Waals surface area contributed by atoms with Crippen molar-refractivity contribution in [2.45, 2.75) is 6.61 Å². The summed E-state index contributed by atoms with van der Waals surface area (Å²) in [4.78, 5) is 16.1. The van der Waals surface area contributed by atoms with Gasteiger partial charge in [0.15, 0.2) is 12.4 Å². The van der Waals surface area contributed by atoms with E-state index in [0.29, 0.717) is 23.0 Å². The number of nitrogens with zero attached hydrogens (tertiary/aromatic N) is 1. The van der Waals surface area contributed by atoms with Crippen LogP contribution in [0.1, 0.15) is 16.1 Å². The number of oxazole rings is 1. The third-order valence-electron chi connectivity index (χ3n) is 3.34. The maximum absolute atomic E-state index is 12.0. The molecule has 0 atom stereocenters. The lowest BCUT2D eigenvalue weighted by atomic mass is 10.2. The van der Waals surface area contributed by atoms with Crippen molar-refractivity contribution in [1.82, 2.24) is 4.98 Å². The highest BCUT2D eigenvalue weighted by molar-refractivity contribution is 5.89. The van der Waals surface area contributed by atoms with E-state index in [2.05, 4.69) is 4.98 Å². The van der Waals surface area contributed by atoms with Crippen LogP contribution in [0.25, 0.3) is 11.5 Å². The van der Waals surface area contributed by atoms with Crippen molar-refractivity contribution in [3.8, 4) is 23.0 Å². The van der Waals surface area contributed by atoms with Gasteiger partial charge in [0.05, 0.1) is 18.9 Å². The number of aromatic nitrogens is 1. The molecule has 0 aliphatic rings. The van der Waals surface area contributed by atoms with Gasteiger partial charge in [0.1, 0.15) is 11.5 Å². The van der Waals surface area contributed by atoms with Crippen molar-refractivity contribution in [3.63, 3.8) is 0 Å². The first kappa shape index (κ1) is 15.6. The maximum Gasteiger partial charge on any atom is 0.338 e. The summed E-state index contributed by atoms with van der Waals surface area (Å²) in [6.45, 7) is -0.0179. The molecule has 0 radical (unpaired) electrons. The summed E-state index contributed by atoms with van der Waals surface area (Å²) in [5.74, 6) is 1.20. The molecule has 3 rings (SSSR count). The number of phenolic OH excluding ortho intramolecular Hbond substituents is 1. The van der Waals surface area contributed by atoms with E-state index in [4.69, 9.17) is 13.9 Å². The minimum atomic E-state index is -0.458. The van der Waals surface area contributed by atoms with Gasteiger partial charge in [0.25, 0.3) is 0 Å². The number of hydrogen-bond acceptors (Lipinski definition) is 6. The maximum atomic E-state index is 12.0. The zero-order valence-corrected chi connectivity index (χ0v) is 12.9. The highest BCUT2D eigenvalue weighted by Crippen LogP contribution is 2.22. The number of benzene rings is 2. The van der Waals surface area contributed by atoms with Gasteiger partial charge in [-0.05, 0) is 48.5 Å². The van der Waals surface area contributed by atoms with E-state index in [9.17, 15) is 9.90 Å². The van der Waals surface area contributed by atoms with Crippen LogP contribution in [0.3, 0.4) is 0 Å². The molecule has 1 heterocycles. The predicted molar refractivity (Wildman–Crippen MR) is 85.7 cm³/mol. The lowest BCUT2D eigenvalue weighted by molar-refractivity contribution is 0.0446. The van der Waals surface area contributed by atoms with Crippen LogP contribution < -0.4 is 4.74 Å². The van der Waals surface area contributed by atoms with Crippen LogP contribution in [0.4, 0.5) is 0 Å². The number of carbonyl (C=O) groups is 1. The molecular weight excluding hydrogens is 310 g/mol. The van der Waals surface area contributed by atoms with E-state index in [1.165, 1.54) is 6.20 Å². The van der Waals surface area contributed by atoms with Gasteiger partial charge in [0.2, 0.25) is 5.89 Å². The number of esters is 1. The largest absolute Gasteiger partial charge is 0.508 e. The highest BCUT2D eigenvalue weighted by Gasteiger charge is 2.11. The molecule has 0 unspecified atom stereocenters. The molecule has 0 saturated carbocycles. The fourth-order valence-electron chi connectivity index (χ4n) is 2.06. The van der Waals surface area contributed by atoms with Crippen LogP contribution in [-0.4, -0.2) is 23.2 Å². The van der Waals surface area contributed by atoms with Gasteiger partial charge < -0.3 is 19.0 Å². The summed E-state index contributed by atoms with van der Waals surface area (Å²) >= 11 is 0. The zero-order valence-electron chi connectivity index (χ0n) is 12.9. The Hall–Kier alpha value is -3.28. The molecule has 1 aromatic heterocycles. The van der Waals surface area contributed by atoms with Gasteiger partial charge >= 0.3 is 5.97 Å². The molecule has 0 spiro atoms. The molecule has 6 nitrogen and oxygen atoms in total. The number of carbonyl (C=O) groups excluding carboxylic acids is 1.